The standard InChI is InChI=1S/C10H19NO4/c1-11(7-3-2-4-8-12)9(13)5-6-10(14)15/h12H,2-8H2,1H3,(H,14,15). The Morgan fingerprint density at radius 1 is 1.13 bits per heavy atom. The van der Waals surface area contributed by atoms with Gasteiger partial charge >= 0.3 is 5.97 Å². The van der Waals surface area contributed by atoms with E-state index in [1.807, 2.05) is 0 Å². The fourth-order valence-corrected chi connectivity index (χ4v) is 1.17. The zero-order valence-corrected chi connectivity index (χ0v) is 9.11. The van der Waals surface area contributed by atoms with E-state index in [0.717, 1.165) is 19.3 Å². The van der Waals surface area contributed by atoms with E-state index in [1.165, 1.54) is 0 Å². The van der Waals surface area contributed by atoms with Gasteiger partial charge in [-0.3, -0.25) is 9.59 Å². The average molecular weight is 217 g/mol. The lowest BCUT2D eigenvalue weighted by Gasteiger charge is -2.16. The largest absolute Gasteiger partial charge is 0.481 e. The molecule has 88 valence electrons. The van der Waals surface area contributed by atoms with Crippen LogP contribution in [0, 0.1) is 0 Å². The SMILES string of the molecule is CN(CCCCCO)C(=O)CCC(=O)O. The molecule has 0 saturated carbocycles. The highest BCUT2D eigenvalue weighted by molar-refractivity contribution is 5.80. The molecule has 5 nitrogen and oxygen atoms in total. The number of amides is 1. The quantitative estimate of drug-likeness (QED) is 0.579. The summed E-state index contributed by atoms with van der Waals surface area (Å²) in [5, 5.41) is 16.9. The molecule has 0 atom stereocenters. The number of carboxylic acid groups (broad SMARTS) is 1. The van der Waals surface area contributed by atoms with Crippen molar-refractivity contribution in [1.29, 1.82) is 0 Å². The average Bonchev–Trinajstić information content (AvgIpc) is 2.20. The molecule has 0 unspecified atom stereocenters. The molecule has 15 heavy (non-hydrogen) atoms. The molecule has 0 spiro atoms. The van der Waals surface area contributed by atoms with Crippen molar-refractivity contribution in [1.82, 2.24) is 4.90 Å². The molecule has 0 aliphatic carbocycles. The predicted molar refractivity (Wildman–Crippen MR) is 55.4 cm³/mol. The number of carbonyl (C=O) groups is 2. The maximum atomic E-state index is 11.3. The first-order valence-corrected chi connectivity index (χ1v) is 5.14. The first-order chi connectivity index (χ1) is 7.07. The van der Waals surface area contributed by atoms with Crippen molar-refractivity contribution in [2.45, 2.75) is 32.1 Å². The molecule has 0 fully saturated rings. The van der Waals surface area contributed by atoms with Crippen LogP contribution in [-0.4, -0.2) is 47.2 Å². The maximum absolute atomic E-state index is 11.3. The molecule has 0 aliphatic heterocycles. The van der Waals surface area contributed by atoms with Crippen LogP contribution in [0.25, 0.3) is 0 Å². The van der Waals surface area contributed by atoms with Gasteiger partial charge in [0.25, 0.3) is 0 Å². The molecule has 5 heteroatoms. The predicted octanol–water partition coefficient (Wildman–Crippen LogP) is 0.472. The van der Waals surface area contributed by atoms with Crippen LogP contribution in [-0.2, 0) is 9.59 Å². The van der Waals surface area contributed by atoms with Gasteiger partial charge in [0.15, 0.2) is 0 Å². The van der Waals surface area contributed by atoms with Crippen molar-refractivity contribution in [3.05, 3.63) is 0 Å². The number of rotatable bonds is 8. The van der Waals surface area contributed by atoms with Gasteiger partial charge in [0.1, 0.15) is 0 Å². The summed E-state index contributed by atoms with van der Waals surface area (Å²) >= 11 is 0. The van der Waals surface area contributed by atoms with Gasteiger partial charge in [-0.15, -0.1) is 0 Å². The van der Waals surface area contributed by atoms with Crippen LogP contribution in [0.4, 0.5) is 0 Å². The molecule has 0 heterocycles. The molecule has 0 aromatic carbocycles. The Labute approximate surface area is 89.7 Å². The van der Waals surface area contributed by atoms with Gasteiger partial charge in [-0.1, -0.05) is 0 Å². The number of aliphatic carboxylic acids is 1. The van der Waals surface area contributed by atoms with E-state index in [9.17, 15) is 9.59 Å². The molecule has 1 amide bonds. The summed E-state index contributed by atoms with van der Waals surface area (Å²) < 4.78 is 0. The first-order valence-electron chi connectivity index (χ1n) is 5.14. The molecule has 0 aliphatic rings. The Bertz CT molecular complexity index is 206. The zero-order valence-electron chi connectivity index (χ0n) is 9.11. The summed E-state index contributed by atoms with van der Waals surface area (Å²) in [5.74, 6) is -1.08. The van der Waals surface area contributed by atoms with E-state index in [0.29, 0.717) is 6.54 Å². The summed E-state index contributed by atoms with van der Waals surface area (Å²) in [6.07, 6.45) is 2.42. The minimum Gasteiger partial charge on any atom is -0.481 e. The fourth-order valence-electron chi connectivity index (χ4n) is 1.17. The highest BCUT2D eigenvalue weighted by Crippen LogP contribution is 2.00. The topological polar surface area (TPSA) is 77.8 Å². The van der Waals surface area contributed by atoms with Gasteiger partial charge in [0, 0.05) is 26.6 Å². The molecule has 0 saturated heterocycles. The first kappa shape index (κ1) is 13.9. The van der Waals surface area contributed by atoms with Gasteiger partial charge in [-0.05, 0) is 19.3 Å². The van der Waals surface area contributed by atoms with Gasteiger partial charge in [0.05, 0.1) is 6.42 Å². The van der Waals surface area contributed by atoms with E-state index in [2.05, 4.69) is 0 Å². The van der Waals surface area contributed by atoms with Gasteiger partial charge in [-0.2, -0.15) is 0 Å². The Morgan fingerprint density at radius 2 is 1.80 bits per heavy atom. The maximum Gasteiger partial charge on any atom is 0.303 e. The highest BCUT2D eigenvalue weighted by Gasteiger charge is 2.09. The van der Waals surface area contributed by atoms with E-state index >= 15 is 0 Å². The van der Waals surface area contributed by atoms with E-state index < -0.39 is 5.97 Å². The van der Waals surface area contributed by atoms with Crippen LogP contribution >= 0.6 is 0 Å². The number of aliphatic hydroxyl groups excluding tert-OH is 1. The number of carboxylic acids is 1. The number of nitrogens with zero attached hydrogens (tertiary/aromatic N) is 1. The van der Waals surface area contributed by atoms with Crippen molar-refractivity contribution < 1.29 is 19.8 Å². The summed E-state index contributed by atoms with van der Waals surface area (Å²) in [4.78, 5) is 23.1. The summed E-state index contributed by atoms with van der Waals surface area (Å²) in [7, 11) is 1.67. The van der Waals surface area contributed by atoms with Crippen molar-refractivity contribution >= 4 is 11.9 Å². The number of hydrogen-bond donors (Lipinski definition) is 2. The molecule has 0 aromatic rings. The Balaban J connectivity index is 3.55. The lowest BCUT2D eigenvalue weighted by atomic mass is 10.2. The van der Waals surface area contributed by atoms with E-state index in [-0.39, 0.29) is 25.4 Å². The molecule has 0 radical (unpaired) electrons. The molecule has 2 N–H and O–H groups in total. The summed E-state index contributed by atoms with van der Waals surface area (Å²) in [5.41, 5.74) is 0. The molecular weight excluding hydrogens is 198 g/mol. The lowest BCUT2D eigenvalue weighted by molar-refractivity contribution is -0.140. The van der Waals surface area contributed by atoms with Crippen molar-refractivity contribution in [3.63, 3.8) is 0 Å². The second-order valence-corrected chi connectivity index (χ2v) is 3.49. The van der Waals surface area contributed by atoms with Crippen LogP contribution < -0.4 is 0 Å². The van der Waals surface area contributed by atoms with Crippen LogP contribution in [0.5, 0.6) is 0 Å². The molecular formula is C10H19NO4. The second kappa shape index (κ2) is 8.23. The van der Waals surface area contributed by atoms with Crippen LogP contribution in [0.1, 0.15) is 32.1 Å². The van der Waals surface area contributed by atoms with Crippen molar-refractivity contribution in [2.24, 2.45) is 0 Å². The summed E-state index contributed by atoms with van der Waals surface area (Å²) in [6.45, 7) is 0.801. The molecule has 0 bridgehead atoms. The number of hydrogen-bond acceptors (Lipinski definition) is 3. The van der Waals surface area contributed by atoms with Crippen LogP contribution in [0.15, 0.2) is 0 Å². The van der Waals surface area contributed by atoms with E-state index in [1.54, 1.807) is 11.9 Å². The molecule has 0 aromatic heterocycles. The van der Waals surface area contributed by atoms with Gasteiger partial charge < -0.3 is 15.1 Å². The molecule has 0 rings (SSSR count). The Morgan fingerprint density at radius 3 is 2.33 bits per heavy atom. The number of aliphatic hydroxyl groups is 1. The van der Waals surface area contributed by atoms with Crippen molar-refractivity contribution in [2.75, 3.05) is 20.2 Å². The highest BCUT2D eigenvalue weighted by atomic mass is 16.4. The summed E-state index contributed by atoms with van der Waals surface area (Å²) in [6, 6.07) is 0. The normalized spacial score (nSPS) is 10.0. The van der Waals surface area contributed by atoms with Crippen molar-refractivity contribution in [3.8, 4) is 0 Å². The third-order valence-electron chi connectivity index (χ3n) is 2.13. The van der Waals surface area contributed by atoms with Crippen LogP contribution in [0.3, 0.4) is 0 Å². The zero-order chi connectivity index (χ0) is 11.7. The smallest absolute Gasteiger partial charge is 0.303 e. The Hall–Kier alpha value is -1.10. The second-order valence-electron chi connectivity index (χ2n) is 3.49. The minimum atomic E-state index is -0.947. The third kappa shape index (κ3) is 7.93. The Kier molecular flexibility index (Phi) is 7.62. The lowest BCUT2D eigenvalue weighted by Crippen LogP contribution is -2.28. The fraction of sp³-hybridized carbons (Fsp3) is 0.800. The van der Waals surface area contributed by atoms with E-state index in [4.69, 9.17) is 10.2 Å². The monoisotopic (exact) mass is 217 g/mol. The number of carbonyl (C=O) groups excluding carboxylic acids is 1. The van der Waals surface area contributed by atoms with Crippen LogP contribution in [0.2, 0.25) is 0 Å². The number of unbranched alkanes of at least 4 members (excludes halogenated alkanes) is 2. The minimum absolute atomic E-state index is 0.0613. The van der Waals surface area contributed by atoms with Gasteiger partial charge in [0.2, 0.25) is 5.91 Å². The van der Waals surface area contributed by atoms with Gasteiger partial charge in [-0.25, -0.2) is 0 Å². The third-order valence-corrected chi connectivity index (χ3v) is 2.13.